The molecular weight excluding hydrogens is 172 g/mol. The van der Waals surface area contributed by atoms with E-state index >= 15 is 0 Å². The Morgan fingerprint density at radius 3 is 2.62 bits per heavy atom. The molecule has 74 valence electrons. The third-order valence-corrected chi connectivity index (χ3v) is 2.42. The first-order chi connectivity index (χ1) is 6.00. The summed E-state index contributed by atoms with van der Waals surface area (Å²) in [7, 11) is 1.80. The number of carbonyl (C=O) groups is 1. The highest BCUT2D eigenvalue weighted by Crippen LogP contribution is 2.22. The fourth-order valence-electron chi connectivity index (χ4n) is 1.33. The van der Waals surface area contributed by atoms with Crippen LogP contribution in [0.15, 0.2) is 10.4 Å². The molecule has 1 unspecified atom stereocenters. The maximum atomic E-state index is 11.1. The molecule has 0 aromatic carbocycles. The van der Waals surface area contributed by atoms with Gasteiger partial charge < -0.3 is 11.6 Å². The summed E-state index contributed by atoms with van der Waals surface area (Å²) in [5.41, 5.74) is 4.58. The van der Waals surface area contributed by atoms with Crippen LogP contribution < -0.4 is 11.6 Å². The second-order valence-electron chi connectivity index (χ2n) is 3.35. The Labute approximate surface area is 76.3 Å². The summed E-state index contributed by atoms with van der Waals surface area (Å²) in [5.74, 6) is 4.53. The van der Waals surface area contributed by atoms with Crippen molar-refractivity contribution < 1.29 is 4.79 Å². The average molecular weight is 186 g/mol. The molecule has 0 saturated carbocycles. The average Bonchev–Trinajstić information content (AvgIpc) is 2.29. The Hall–Kier alpha value is -1.37. The lowest BCUT2D eigenvalue weighted by Gasteiger charge is -2.25. The largest absolute Gasteiger partial charge is 0.368 e. The summed E-state index contributed by atoms with van der Waals surface area (Å²) in [5, 5.41) is 8.38. The topological polar surface area (TPSA) is 100 Å². The van der Waals surface area contributed by atoms with Crippen LogP contribution in [0.1, 0.15) is 6.92 Å². The predicted molar refractivity (Wildman–Crippen MR) is 46.0 cm³/mol. The first-order valence-electron chi connectivity index (χ1n) is 3.87. The van der Waals surface area contributed by atoms with Gasteiger partial charge in [0, 0.05) is 0 Å². The van der Waals surface area contributed by atoms with E-state index < -0.39 is 5.54 Å². The third kappa shape index (κ3) is 1.55. The number of primary amides is 1. The quantitative estimate of drug-likeness (QED) is 0.317. The second kappa shape index (κ2) is 3.17. The Kier molecular flexibility index (Phi) is 2.37. The molecular formula is C6H14N6O. The van der Waals surface area contributed by atoms with E-state index in [1.807, 2.05) is 4.90 Å². The number of rotatable bonds is 2. The molecule has 0 aromatic heterocycles. The maximum Gasteiger partial charge on any atom is 0.239 e. The third-order valence-electron chi connectivity index (χ3n) is 2.42. The maximum absolute atomic E-state index is 11.1. The zero-order chi connectivity index (χ0) is 10.1. The molecule has 1 aliphatic rings. The van der Waals surface area contributed by atoms with Gasteiger partial charge in [-0.2, -0.15) is 0 Å². The van der Waals surface area contributed by atoms with Crippen molar-refractivity contribution in [1.29, 1.82) is 0 Å². The molecule has 13 heavy (non-hydrogen) atoms. The van der Waals surface area contributed by atoms with Gasteiger partial charge >= 0.3 is 0 Å². The van der Waals surface area contributed by atoms with E-state index in [9.17, 15) is 4.79 Å². The lowest BCUT2D eigenvalue weighted by Crippen LogP contribution is -2.51. The summed E-state index contributed by atoms with van der Waals surface area (Å²) in [6.07, 6.45) is 0. The van der Waals surface area contributed by atoms with Gasteiger partial charge in [0.1, 0.15) is 5.54 Å². The van der Waals surface area contributed by atoms with Gasteiger partial charge in [-0.3, -0.25) is 14.7 Å². The molecule has 0 bridgehead atoms. The number of likely N-dealkylation sites (N-methyl/N-ethyl adjacent to an activating group) is 1. The first kappa shape index (κ1) is 9.72. The second-order valence-corrected chi connectivity index (χ2v) is 3.35. The van der Waals surface area contributed by atoms with E-state index in [2.05, 4.69) is 10.4 Å². The van der Waals surface area contributed by atoms with Gasteiger partial charge in [0.25, 0.3) is 0 Å². The summed E-state index contributed by atoms with van der Waals surface area (Å²) < 4.78 is 0. The Morgan fingerprint density at radius 2 is 2.23 bits per heavy atom. The first-order valence-corrected chi connectivity index (χ1v) is 3.87. The molecule has 7 nitrogen and oxygen atoms in total. The van der Waals surface area contributed by atoms with Crippen molar-refractivity contribution in [2.24, 2.45) is 22.0 Å². The number of carbonyl (C=O) groups excluding carboxylic acids is 1. The van der Waals surface area contributed by atoms with Crippen LogP contribution in [0.4, 0.5) is 0 Å². The molecule has 1 amide bonds. The van der Waals surface area contributed by atoms with Crippen molar-refractivity contribution in [1.82, 2.24) is 9.91 Å². The minimum atomic E-state index is -0.686. The summed E-state index contributed by atoms with van der Waals surface area (Å²) in [6, 6.07) is 0. The van der Waals surface area contributed by atoms with Crippen molar-refractivity contribution >= 4 is 5.91 Å². The van der Waals surface area contributed by atoms with Crippen molar-refractivity contribution in [3.8, 4) is 0 Å². The van der Waals surface area contributed by atoms with E-state index in [4.69, 9.17) is 11.6 Å². The SMILES string of the molecule is CN1CN(N=NN)CC1(C)C(N)=O. The Bertz CT molecular complexity index is 241. The highest BCUT2D eigenvalue weighted by molar-refractivity contribution is 5.84. The summed E-state index contributed by atoms with van der Waals surface area (Å²) >= 11 is 0. The number of hydrogen-bond donors (Lipinski definition) is 2. The van der Waals surface area contributed by atoms with Gasteiger partial charge in [-0.05, 0) is 14.0 Å². The number of nitrogens with two attached hydrogens (primary N) is 2. The Balaban J connectivity index is 2.76. The number of amides is 1. The van der Waals surface area contributed by atoms with Gasteiger partial charge in [-0.15, -0.1) is 0 Å². The minimum absolute atomic E-state index is 0.371. The number of nitrogens with zero attached hydrogens (tertiary/aromatic N) is 4. The molecule has 1 atom stereocenters. The standard InChI is InChI=1S/C6H14N6O/c1-6(5(7)13)3-12(10-9-8)4-11(6)2/h3-4H2,1-2H3,(H2,7,13)(H2,8,10). The highest BCUT2D eigenvalue weighted by Gasteiger charge is 2.43. The van der Waals surface area contributed by atoms with Crippen LogP contribution >= 0.6 is 0 Å². The van der Waals surface area contributed by atoms with Gasteiger partial charge in [0.15, 0.2) is 0 Å². The van der Waals surface area contributed by atoms with Crippen LogP contribution in [0.3, 0.4) is 0 Å². The van der Waals surface area contributed by atoms with Crippen LogP contribution in [0.5, 0.6) is 0 Å². The normalized spacial score (nSPS) is 30.2. The van der Waals surface area contributed by atoms with Gasteiger partial charge in [-0.25, -0.2) is 0 Å². The zero-order valence-corrected chi connectivity index (χ0v) is 7.77. The van der Waals surface area contributed by atoms with Gasteiger partial charge in [0.2, 0.25) is 5.91 Å². The fourth-order valence-corrected chi connectivity index (χ4v) is 1.33. The smallest absolute Gasteiger partial charge is 0.239 e. The summed E-state index contributed by atoms with van der Waals surface area (Å²) in [6.45, 7) is 2.68. The van der Waals surface area contributed by atoms with E-state index in [0.717, 1.165) is 0 Å². The van der Waals surface area contributed by atoms with Gasteiger partial charge in [0.05, 0.1) is 13.2 Å². The molecule has 0 radical (unpaired) electrons. The van der Waals surface area contributed by atoms with Crippen molar-refractivity contribution in [2.45, 2.75) is 12.5 Å². The van der Waals surface area contributed by atoms with Crippen LogP contribution in [-0.4, -0.2) is 41.6 Å². The van der Waals surface area contributed by atoms with Crippen LogP contribution in [0.2, 0.25) is 0 Å². The molecule has 1 heterocycles. The van der Waals surface area contributed by atoms with E-state index in [1.54, 1.807) is 19.0 Å². The van der Waals surface area contributed by atoms with Gasteiger partial charge in [-0.1, -0.05) is 10.4 Å². The van der Waals surface area contributed by atoms with Crippen molar-refractivity contribution in [2.75, 3.05) is 20.3 Å². The van der Waals surface area contributed by atoms with E-state index in [0.29, 0.717) is 13.2 Å². The van der Waals surface area contributed by atoms with E-state index in [1.165, 1.54) is 0 Å². The molecule has 7 heteroatoms. The lowest BCUT2D eigenvalue weighted by molar-refractivity contribution is -0.126. The fraction of sp³-hybridized carbons (Fsp3) is 0.833. The predicted octanol–water partition coefficient (Wildman–Crippen LogP) is -1.32. The molecule has 0 aliphatic carbocycles. The molecule has 1 aliphatic heterocycles. The van der Waals surface area contributed by atoms with Crippen LogP contribution in [-0.2, 0) is 4.79 Å². The zero-order valence-electron chi connectivity index (χ0n) is 7.77. The highest BCUT2D eigenvalue weighted by atomic mass is 16.2. The molecule has 1 saturated heterocycles. The molecule has 0 aromatic rings. The minimum Gasteiger partial charge on any atom is -0.368 e. The van der Waals surface area contributed by atoms with Crippen LogP contribution in [0.25, 0.3) is 0 Å². The Morgan fingerprint density at radius 1 is 1.62 bits per heavy atom. The molecule has 1 rings (SSSR count). The number of hydrogen-bond acceptors (Lipinski definition) is 4. The van der Waals surface area contributed by atoms with Crippen molar-refractivity contribution in [3.05, 3.63) is 0 Å². The molecule has 1 fully saturated rings. The molecule has 4 N–H and O–H groups in total. The van der Waals surface area contributed by atoms with Crippen LogP contribution in [0, 0.1) is 0 Å². The monoisotopic (exact) mass is 186 g/mol. The lowest BCUT2D eigenvalue weighted by atomic mass is 10.0. The van der Waals surface area contributed by atoms with Crippen molar-refractivity contribution in [3.63, 3.8) is 0 Å². The molecule has 0 spiro atoms. The summed E-state index contributed by atoms with van der Waals surface area (Å²) in [4.78, 5) is 12.9. The van der Waals surface area contributed by atoms with E-state index in [-0.39, 0.29) is 5.91 Å².